The Hall–Kier alpha value is -1.89. The number of nitrogens with zero attached hydrogens (tertiary/aromatic N) is 2. The molecule has 0 saturated heterocycles. The summed E-state index contributed by atoms with van der Waals surface area (Å²) >= 11 is 9.10. The second-order valence-corrected chi connectivity index (χ2v) is 8.22. The Morgan fingerprint density at radius 1 is 1.15 bits per heavy atom. The summed E-state index contributed by atoms with van der Waals surface area (Å²) < 4.78 is 0.799. The van der Waals surface area contributed by atoms with Crippen LogP contribution in [0.1, 0.15) is 30.4 Å². The van der Waals surface area contributed by atoms with Gasteiger partial charge in [-0.25, -0.2) is 0 Å². The van der Waals surface area contributed by atoms with Crippen molar-refractivity contribution >= 4 is 45.7 Å². The minimum atomic E-state index is -0.195. The van der Waals surface area contributed by atoms with Crippen molar-refractivity contribution < 1.29 is 4.79 Å². The molecule has 0 aliphatic heterocycles. The Morgan fingerprint density at radius 3 is 2.62 bits per heavy atom. The highest BCUT2D eigenvalue weighted by Crippen LogP contribution is 2.31. The molecule has 2 aromatic carbocycles. The number of carbonyl (C=O) groups excluding carboxylic acids is 1. The molecule has 1 aromatic heterocycles. The number of amides is 1. The van der Waals surface area contributed by atoms with E-state index in [1.54, 1.807) is 11.8 Å². The first-order chi connectivity index (χ1) is 12.7. The molecule has 0 radical (unpaired) electrons. The zero-order chi connectivity index (χ0) is 18.4. The lowest BCUT2D eigenvalue weighted by Crippen LogP contribution is -2.20. The third kappa shape index (κ3) is 4.84. The number of hydrogen-bond acceptors (Lipinski definition) is 5. The van der Waals surface area contributed by atoms with Gasteiger partial charge < -0.3 is 0 Å². The Labute approximate surface area is 166 Å². The summed E-state index contributed by atoms with van der Waals surface area (Å²) in [6, 6.07) is 17.5. The first-order valence-corrected chi connectivity index (χ1v) is 10.4. The number of thioether (sulfide) groups is 1. The summed E-state index contributed by atoms with van der Waals surface area (Å²) in [5.41, 5.74) is 2.06. The zero-order valence-electron chi connectivity index (χ0n) is 14.2. The first kappa shape index (κ1) is 18.9. The largest absolute Gasteiger partial charge is 0.300 e. The maximum atomic E-state index is 12.6. The van der Waals surface area contributed by atoms with Crippen LogP contribution in [-0.4, -0.2) is 16.1 Å². The monoisotopic (exact) mass is 403 g/mol. The topological polar surface area (TPSA) is 54.9 Å². The number of nitrogens with one attached hydrogen (secondary N) is 1. The molecule has 134 valence electrons. The average Bonchev–Trinajstić information content (AvgIpc) is 3.10. The molecule has 0 aliphatic rings. The fraction of sp³-hybridized carbons (Fsp3) is 0.211. The molecule has 0 spiro atoms. The van der Waals surface area contributed by atoms with Crippen LogP contribution >= 0.6 is 34.7 Å². The molecule has 7 heteroatoms. The number of rotatable bonds is 7. The van der Waals surface area contributed by atoms with Crippen LogP contribution in [0.3, 0.4) is 0 Å². The van der Waals surface area contributed by atoms with E-state index in [9.17, 15) is 4.79 Å². The number of anilines is 1. The second-order valence-electron chi connectivity index (χ2n) is 5.61. The van der Waals surface area contributed by atoms with Crippen molar-refractivity contribution in [1.82, 2.24) is 10.2 Å². The Morgan fingerprint density at radius 2 is 1.88 bits per heavy atom. The number of benzene rings is 2. The lowest BCUT2D eigenvalue weighted by atomic mass is 9.96. The molecule has 1 amide bonds. The van der Waals surface area contributed by atoms with Crippen molar-refractivity contribution in [3.8, 4) is 0 Å². The van der Waals surface area contributed by atoms with Gasteiger partial charge in [0.2, 0.25) is 11.0 Å². The molecule has 0 bridgehead atoms. The first-order valence-electron chi connectivity index (χ1n) is 8.23. The van der Waals surface area contributed by atoms with Crippen LogP contribution in [0, 0.1) is 0 Å². The third-order valence-electron chi connectivity index (χ3n) is 3.87. The summed E-state index contributed by atoms with van der Waals surface area (Å²) in [5.74, 6) is 0.459. The van der Waals surface area contributed by atoms with E-state index >= 15 is 0 Å². The van der Waals surface area contributed by atoms with Gasteiger partial charge in [-0.1, -0.05) is 90.2 Å². The van der Waals surface area contributed by atoms with Gasteiger partial charge in [-0.05, 0) is 23.6 Å². The molecule has 1 unspecified atom stereocenters. The molecule has 0 fully saturated rings. The smallest absolute Gasteiger partial charge is 0.233 e. The fourth-order valence-electron chi connectivity index (χ4n) is 2.52. The maximum Gasteiger partial charge on any atom is 0.233 e. The van der Waals surface area contributed by atoms with E-state index in [0.29, 0.717) is 10.9 Å². The van der Waals surface area contributed by atoms with E-state index in [1.807, 2.05) is 61.5 Å². The van der Waals surface area contributed by atoms with E-state index in [0.717, 1.165) is 26.9 Å². The summed E-state index contributed by atoms with van der Waals surface area (Å²) in [4.78, 5) is 12.6. The van der Waals surface area contributed by atoms with E-state index in [1.165, 1.54) is 11.3 Å². The highest BCUT2D eigenvalue weighted by molar-refractivity contribution is 8.00. The molecule has 0 aliphatic carbocycles. The molecule has 3 aromatic rings. The van der Waals surface area contributed by atoms with E-state index in [4.69, 9.17) is 11.6 Å². The van der Waals surface area contributed by atoms with Crippen LogP contribution in [0.5, 0.6) is 0 Å². The standard InChI is InChI=1S/C19H18ClN3OS2/c1-2-15(13-8-4-3-5-9-13)17(24)21-18-22-23-19(26-18)25-12-14-10-6-7-11-16(14)20/h3-11,15H,2,12H2,1H3,(H,21,22,24). The lowest BCUT2D eigenvalue weighted by Gasteiger charge is -2.13. The van der Waals surface area contributed by atoms with E-state index in [-0.39, 0.29) is 11.8 Å². The predicted molar refractivity (Wildman–Crippen MR) is 109 cm³/mol. The quantitative estimate of drug-likeness (QED) is 0.411. The van der Waals surface area contributed by atoms with Crippen LogP contribution < -0.4 is 5.32 Å². The van der Waals surface area contributed by atoms with Crippen LogP contribution in [-0.2, 0) is 10.5 Å². The minimum absolute atomic E-state index is 0.0579. The zero-order valence-corrected chi connectivity index (χ0v) is 16.6. The summed E-state index contributed by atoms with van der Waals surface area (Å²) in [6.07, 6.45) is 0.725. The Bertz CT molecular complexity index is 870. The molecule has 4 nitrogen and oxygen atoms in total. The van der Waals surface area contributed by atoms with Crippen LogP contribution in [0.4, 0.5) is 5.13 Å². The van der Waals surface area contributed by atoms with E-state index in [2.05, 4.69) is 15.5 Å². The SMILES string of the molecule is CCC(C(=O)Nc1nnc(SCc2ccccc2Cl)s1)c1ccccc1. The van der Waals surface area contributed by atoms with Gasteiger partial charge in [0.15, 0.2) is 4.34 Å². The molecule has 1 N–H and O–H groups in total. The molecular weight excluding hydrogens is 386 g/mol. The number of aromatic nitrogens is 2. The van der Waals surface area contributed by atoms with Crippen LogP contribution in [0.25, 0.3) is 0 Å². The molecule has 1 heterocycles. The number of carbonyl (C=O) groups is 1. The van der Waals surface area contributed by atoms with Gasteiger partial charge in [0.25, 0.3) is 0 Å². The van der Waals surface area contributed by atoms with Gasteiger partial charge in [0.05, 0.1) is 5.92 Å². The van der Waals surface area contributed by atoms with Crippen LogP contribution in [0.15, 0.2) is 58.9 Å². The molecular formula is C19H18ClN3OS2. The molecule has 0 saturated carbocycles. The van der Waals surface area contributed by atoms with Gasteiger partial charge >= 0.3 is 0 Å². The number of hydrogen-bond donors (Lipinski definition) is 1. The summed E-state index contributed by atoms with van der Waals surface area (Å²) in [5, 5.41) is 12.4. The highest BCUT2D eigenvalue weighted by atomic mass is 35.5. The van der Waals surface area contributed by atoms with Gasteiger partial charge in [-0.15, -0.1) is 10.2 Å². The highest BCUT2D eigenvalue weighted by Gasteiger charge is 2.20. The predicted octanol–water partition coefficient (Wildman–Crippen LogP) is 5.62. The number of halogens is 1. The van der Waals surface area contributed by atoms with Crippen LogP contribution in [0.2, 0.25) is 5.02 Å². The molecule has 26 heavy (non-hydrogen) atoms. The van der Waals surface area contributed by atoms with Gasteiger partial charge in [-0.2, -0.15) is 0 Å². The third-order valence-corrected chi connectivity index (χ3v) is 6.26. The summed E-state index contributed by atoms with van der Waals surface area (Å²) in [6.45, 7) is 2.00. The summed E-state index contributed by atoms with van der Waals surface area (Å²) in [7, 11) is 0. The van der Waals surface area contributed by atoms with Crippen molar-refractivity contribution in [2.24, 2.45) is 0 Å². The van der Waals surface area contributed by atoms with Crippen molar-refractivity contribution in [3.05, 3.63) is 70.7 Å². The van der Waals surface area contributed by atoms with Crippen molar-refractivity contribution in [2.45, 2.75) is 29.4 Å². The minimum Gasteiger partial charge on any atom is -0.300 e. The van der Waals surface area contributed by atoms with Crippen molar-refractivity contribution in [3.63, 3.8) is 0 Å². The van der Waals surface area contributed by atoms with Gasteiger partial charge in [0.1, 0.15) is 0 Å². The second kappa shape index (κ2) is 9.16. The lowest BCUT2D eigenvalue weighted by molar-refractivity contribution is -0.117. The normalized spacial score (nSPS) is 11.9. The fourth-order valence-corrected chi connectivity index (χ4v) is 4.56. The van der Waals surface area contributed by atoms with E-state index < -0.39 is 0 Å². The molecule has 1 atom stereocenters. The molecule has 3 rings (SSSR count). The van der Waals surface area contributed by atoms with Crippen molar-refractivity contribution in [2.75, 3.05) is 5.32 Å². The Kier molecular flexibility index (Phi) is 6.66. The Balaban J connectivity index is 1.61. The van der Waals surface area contributed by atoms with Gasteiger partial charge in [0, 0.05) is 10.8 Å². The maximum absolute atomic E-state index is 12.6. The average molecular weight is 404 g/mol. The van der Waals surface area contributed by atoms with Crippen molar-refractivity contribution in [1.29, 1.82) is 0 Å². The van der Waals surface area contributed by atoms with Gasteiger partial charge in [-0.3, -0.25) is 10.1 Å².